The molecule has 0 amide bonds. The number of hydrogen-bond acceptors (Lipinski definition) is 6. The maximum atomic E-state index is 5.53. The summed E-state index contributed by atoms with van der Waals surface area (Å²) in [6, 6.07) is 1.96. The Morgan fingerprint density at radius 3 is 2.60 bits per heavy atom. The second-order valence-electron chi connectivity index (χ2n) is 5.72. The third-order valence-corrected chi connectivity index (χ3v) is 4.06. The molecule has 2 heterocycles. The summed E-state index contributed by atoms with van der Waals surface area (Å²) in [5, 5.41) is 0. The van der Waals surface area contributed by atoms with Crippen molar-refractivity contribution < 1.29 is 0 Å². The van der Waals surface area contributed by atoms with E-state index in [9.17, 15) is 0 Å². The van der Waals surface area contributed by atoms with Gasteiger partial charge in [0.2, 0.25) is 0 Å². The lowest BCUT2D eigenvalue weighted by molar-refractivity contribution is 0.258. The molecule has 2 fully saturated rings. The van der Waals surface area contributed by atoms with Gasteiger partial charge in [0.1, 0.15) is 17.5 Å². The number of aromatic nitrogens is 2. The molecule has 6 heteroatoms. The van der Waals surface area contributed by atoms with E-state index in [2.05, 4.69) is 27.1 Å². The molecular formula is C14H24N6. The van der Waals surface area contributed by atoms with E-state index in [1.54, 1.807) is 0 Å². The highest BCUT2D eigenvalue weighted by Gasteiger charge is 2.28. The number of anilines is 2. The Morgan fingerprint density at radius 2 is 2.00 bits per heavy atom. The molecule has 0 atom stereocenters. The first kappa shape index (κ1) is 13.6. The number of nitrogen functional groups attached to an aromatic ring is 1. The minimum absolute atomic E-state index is 0.545. The molecule has 0 radical (unpaired) electrons. The fraction of sp³-hybridized carbons (Fsp3) is 0.714. The Hall–Kier alpha value is -1.40. The van der Waals surface area contributed by atoms with Crippen molar-refractivity contribution in [3.05, 3.63) is 11.9 Å². The number of nitrogens with two attached hydrogens (primary N) is 1. The third-order valence-electron chi connectivity index (χ3n) is 4.06. The summed E-state index contributed by atoms with van der Waals surface area (Å²) in [6.45, 7) is 7.72. The molecule has 0 spiro atoms. The van der Waals surface area contributed by atoms with Gasteiger partial charge in [-0.3, -0.25) is 4.90 Å². The summed E-state index contributed by atoms with van der Waals surface area (Å²) in [6.07, 6.45) is 3.63. The Kier molecular flexibility index (Phi) is 4.03. The fourth-order valence-electron chi connectivity index (χ4n) is 2.73. The van der Waals surface area contributed by atoms with Gasteiger partial charge >= 0.3 is 0 Å². The molecule has 3 N–H and O–H groups in total. The van der Waals surface area contributed by atoms with Crippen LogP contribution in [0, 0.1) is 0 Å². The normalized spacial score (nSPS) is 20.2. The number of nitrogens with one attached hydrogen (secondary N) is 1. The van der Waals surface area contributed by atoms with E-state index in [1.807, 2.05) is 6.07 Å². The summed E-state index contributed by atoms with van der Waals surface area (Å²) in [7, 11) is 0. The van der Waals surface area contributed by atoms with E-state index in [4.69, 9.17) is 10.8 Å². The highest BCUT2D eigenvalue weighted by molar-refractivity contribution is 5.49. The lowest BCUT2D eigenvalue weighted by atomic mass is 10.3. The first-order chi connectivity index (χ1) is 9.80. The van der Waals surface area contributed by atoms with Crippen LogP contribution in [-0.2, 0) is 0 Å². The van der Waals surface area contributed by atoms with E-state index in [-0.39, 0.29) is 0 Å². The molecule has 0 aromatic carbocycles. The Bertz CT molecular complexity index is 451. The minimum Gasteiger partial charge on any atom is -0.354 e. The number of hydrazine groups is 1. The summed E-state index contributed by atoms with van der Waals surface area (Å²) in [5.41, 5.74) is 2.67. The van der Waals surface area contributed by atoms with Crippen LogP contribution < -0.4 is 16.2 Å². The average molecular weight is 276 g/mol. The zero-order valence-electron chi connectivity index (χ0n) is 12.2. The van der Waals surface area contributed by atoms with Crippen LogP contribution in [-0.4, -0.2) is 47.6 Å². The van der Waals surface area contributed by atoms with Gasteiger partial charge in [-0.2, -0.15) is 0 Å². The maximum absolute atomic E-state index is 5.53. The first-order valence-corrected chi connectivity index (χ1v) is 7.63. The van der Waals surface area contributed by atoms with Gasteiger partial charge in [-0.25, -0.2) is 15.8 Å². The van der Waals surface area contributed by atoms with Gasteiger partial charge in [0.15, 0.2) is 0 Å². The second kappa shape index (κ2) is 5.93. The van der Waals surface area contributed by atoms with Crippen molar-refractivity contribution in [3.8, 4) is 0 Å². The second-order valence-corrected chi connectivity index (χ2v) is 5.72. The molecule has 0 bridgehead atoms. The Balaban J connectivity index is 1.71. The molecule has 2 aliphatic rings. The van der Waals surface area contributed by atoms with Gasteiger partial charge in [-0.15, -0.1) is 0 Å². The van der Waals surface area contributed by atoms with Crippen molar-refractivity contribution >= 4 is 11.6 Å². The third kappa shape index (κ3) is 3.02. The van der Waals surface area contributed by atoms with Crippen molar-refractivity contribution in [1.29, 1.82) is 0 Å². The number of piperazine rings is 1. The van der Waals surface area contributed by atoms with E-state index in [0.29, 0.717) is 5.92 Å². The van der Waals surface area contributed by atoms with Crippen LogP contribution in [0.1, 0.15) is 37.9 Å². The van der Waals surface area contributed by atoms with Crippen LogP contribution in [0.5, 0.6) is 0 Å². The summed E-state index contributed by atoms with van der Waals surface area (Å²) >= 11 is 0. The van der Waals surface area contributed by atoms with Crippen LogP contribution in [0.3, 0.4) is 0 Å². The molecule has 0 unspecified atom stereocenters. The molecule has 1 saturated carbocycles. The molecule has 1 aromatic heterocycles. The van der Waals surface area contributed by atoms with Crippen LogP contribution in [0.2, 0.25) is 0 Å². The molecule has 1 aliphatic carbocycles. The van der Waals surface area contributed by atoms with Crippen molar-refractivity contribution in [2.45, 2.75) is 32.1 Å². The predicted molar refractivity (Wildman–Crippen MR) is 80.8 cm³/mol. The highest BCUT2D eigenvalue weighted by atomic mass is 15.3. The summed E-state index contributed by atoms with van der Waals surface area (Å²) in [4.78, 5) is 14.1. The number of rotatable bonds is 5. The topological polar surface area (TPSA) is 70.3 Å². The van der Waals surface area contributed by atoms with Crippen LogP contribution in [0.25, 0.3) is 0 Å². The Morgan fingerprint density at radius 1 is 1.25 bits per heavy atom. The van der Waals surface area contributed by atoms with Crippen LogP contribution in [0.4, 0.5) is 11.6 Å². The van der Waals surface area contributed by atoms with Crippen molar-refractivity contribution in [2.75, 3.05) is 43.0 Å². The number of nitrogens with zero attached hydrogens (tertiary/aromatic N) is 4. The standard InChI is InChI=1S/C14H24N6/c1-2-5-19-6-8-20(9-7-19)13-10-12(18-15)16-14(17-13)11-3-4-11/h10-11H,2-9,15H2,1H3,(H,16,17,18). The molecule has 1 aromatic rings. The zero-order chi connectivity index (χ0) is 13.9. The molecular weight excluding hydrogens is 252 g/mol. The van der Waals surface area contributed by atoms with Crippen LogP contribution >= 0.6 is 0 Å². The highest BCUT2D eigenvalue weighted by Crippen LogP contribution is 2.39. The van der Waals surface area contributed by atoms with Gasteiger partial charge < -0.3 is 10.3 Å². The quantitative estimate of drug-likeness (QED) is 0.621. The smallest absolute Gasteiger partial charge is 0.145 e. The summed E-state index contributed by atoms with van der Waals surface area (Å²) < 4.78 is 0. The van der Waals surface area contributed by atoms with Gasteiger partial charge in [-0.1, -0.05) is 6.92 Å². The molecule has 3 rings (SSSR count). The lowest BCUT2D eigenvalue weighted by Gasteiger charge is -2.35. The maximum Gasteiger partial charge on any atom is 0.145 e. The van der Waals surface area contributed by atoms with Gasteiger partial charge in [0.25, 0.3) is 0 Å². The minimum atomic E-state index is 0.545. The molecule has 6 nitrogen and oxygen atoms in total. The first-order valence-electron chi connectivity index (χ1n) is 7.63. The van der Waals surface area contributed by atoms with Crippen molar-refractivity contribution in [1.82, 2.24) is 14.9 Å². The lowest BCUT2D eigenvalue weighted by Crippen LogP contribution is -2.46. The van der Waals surface area contributed by atoms with E-state index >= 15 is 0 Å². The zero-order valence-corrected chi connectivity index (χ0v) is 12.2. The van der Waals surface area contributed by atoms with Crippen molar-refractivity contribution in [3.63, 3.8) is 0 Å². The van der Waals surface area contributed by atoms with Gasteiger partial charge in [0, 0.05) is 38.2 Å². The monoisotopic (exact) mass is 276 g/mol. The molecule has 1 aliphatic heterocycles. The molecule has 20 heavy (non-hydrogen) atoms. The van der Waals surface area contributed by atoms with E-state index in [1.165, 1.54) is 25.8 Å². The molecule has 110 valence electrons. The Labute approximate surface area is 120 Å². The van der Waals surface area contributed by atoms with E-state index in [0.717, 1.165) is 43.6 Å². The SMILES string of the molecule is CCCN1CCN(c2cc(NN)nc(C3CC3)n2)CC1. The van der Waals surface area contributed by atoms with Gasteiger partial charge in [-0.05, 0) is 25.8 Å². The van der Waals surface area contributed by atoms with E-state index < -0.39 is 0 Å². The van der Waals surface area contributed by atoms with Gasteiger partial charge in [0.05, 0.1) is 0 Å². The predicted octanol–water partition coefficient (Wildman–Crippen LogP) is 1.17. The molecule has 1 saturated heterocycles. The average Bonchev–Trinajstić information content (AvgIpc) is 3.32. The fourth-order valence-corrected chi connectivity index (χ4v) is 2.73. The largest absolute Gasteiger partial charge is 0.354 e. The van der Waals surface area contributed by atoms with Crippen molar-refractivity contribution in [2.24, 2.45) is 5.84 Å². The number of hydrogen-bond donors (Lipinski definition) is 2. The summed E-state index contributed by atoms with van der Waals surface area (Å²) in [5.74, 6) is 8.78. The van der Waals surface area contributed by atoms with Crippen LogP contribution in [0.15, 0.2) is 6.07 Å².